The average molecular weight is 424 g/mol. The van der Waals surface area contributed by atoms with E-state index in [1.165, 1.54) is 18.4 Å². The van der Waals surface area contributed by atoms with Crippen molar-refractivity contribution in [3.63, 3.8) is 0 Å². The maximum Gasteiger partial charge on any atom is 0.223 e. The van der Waals surface area contributed by atoms with Crippen molar-refractivity contribution in [3.8, 4) is 0 Å². The molecule has 168 valence electrons. The number of aryl methyl sites for hydroxylation is 1. The molecule has 0 saturated carbocycles. The van der Waals surface area contributed by atoms with Crippen LogP contribution in [-0.4, -0.2) is 54.5 Å². The highest BCUT2D eigenvalue weighted by atomic mass is 16.3. The lowest BCUT2D eigenvalue weighted by Gasteiger charge is -2.41. The highest BCUT2D eigenvalue weighted by molar-refractivity contribution is 5.78. The summed E-state index contributed by atoms with van der Waals surface area (Å²) in [5, 5.41) is 3.16. The first-order valence-electron chi connectivity index (χ1n) is 12.1. The van der Waals surface area contributed by atoms with Gasteiger partial charge in [-0.3, -0.25) is 9.69 Å². The third-order valence-electron chi connectivity index (χ3n) is 6.97. The van der Waals surface area contributed by atoms with Gasteiger partial charge in [-0.15, -0.1) is 0 Å². The minimum absolute atomic E-state index is 0.179. The number of nitrogens with one attached hydrogen (secondary N) is 1. The van der Waals surface area contributed by atoms with Crippen LogP contribution in [0.25, 0.3) is 0 Å². The maximum atomic E-state index is 12.6. The predicted octanol–water partition coefficient (Wildman–Crippen LogP) is 3.88. The van der Waals surface area contributed by atoms with Gasteiger partial charge >= 0.3 is 0 Å². The van der Waals surface area contributed by atoms with Crippen LogP contribution in [0.4, 0.5) is 0 Å². The van der Waals surface area contributed by atoms with Gasteiger partial charge in [0.1, 0.15) is 11.5 Å². The van der Waals surface area contributed by atoms with Crippen molar-refractivity contribution in [2.45, 2.75) is 58.0 Å². The van der Waals surface area contributed by atoms with Gasteiger partial charge < -0.3 is 14.6 Å². The highest BCUT2D eigenvalue weighted by Gasteiger charge is 2.30. The minimum Gasteiger partial charge on any atom is -0.465 e. The van der Waals surface area contributed by atoms with Crippen molar-refractivity contribution in [1.82, 2.24) is 15.1 Å². The van der Waals surface area contributed by atoms with E-state index in [1.54, 1.807) is 0 Å². The Morgan fingerprint density at radius 1 is 0.968 bits per heavy atom. The molecule has 2 aliphatic heterocycles. The number of amides is 1. The second-order valence-corrected chi connectivity index (χ2v) is 9.07. The first-order valence-corrected chi connectivity index (χ1v) is 12.1. The summed E-state index contributed by atoms with van der Waals surface area (Å²) in [5.41, 5.74) is 1.28. The average Bonchev–Trinajstić information content (AvgIpc) is 3.28. The fourth-order valence-corrected chi connectivity index (χ4v) is 5.01. The summed E-state index contributed by atoms with van der Waals surface area (Å²) in [6.45, 7) is 8.17. The van der Waals surface area contributed by atoms with Crippen LogP contribution >= 0.6 is 0 Å². The normalized spacial score (nSPS) is 19.5. The first-order chi connectivity index (χ1) is 15.2. The molecule has 1 amide bonds. The number of hydrogen-bond acceptors (Lipinski definition) is 4. The number of likely N-dealkylation sites (tertiary alicyclic amines) is 2. The summed E-state index contributed by atoms with van der Waals surface area (Å²) in [4.78, 5) is 17.7. The zero-order valence-corrected chi connectivity index (χ0v) is 18.9. The summed E-state index contributed by atoms with van der Waals surface area (Å²) >= 11 is 0. The topological polar surface area (TPSA) is 48.7 Å². The number of nitrogens with zero attached hydrogens (tertiary/aromatic N) is 2. The smallest absolute Gasteiger partial charge is 0.223 e. The molecule has 0 unspecified atom stereocenters. The highest BCUT2D eigenvalue weighted by Crippen LogP contribution is 2.25. The van der Waals surface area contributed by atoms with Gasteiger partial charge in [0.05, 0.1) is 6.54 Å². The molecule has 2 aromatic rings. The number of carbonyl (C=O) groups is 1. The first kappa shape index (κ1) is 22.1. The molecule has 1 aromatic carbocycles. The monoisotopic (exact) mass is 423 g/mol. The zero-order valence-electron chi connectivity index (χ0n) is 18.9. The Hall–Kier alpha value is -2.11. The summed E-state index contributed by atoms with van der Waals surface area (Å²) in [7, 11) is 0. The molecule has 0 aliphatic carbocycles. The van der Waals surface area contributed by atoms with E-state index in [9.17, 15) is 4.79 Å². The van der Waals surface area contributed by atoms with Crippen LogP contribution in [0.15, 0.2) is 46.9 Å². The fraction of sp³-hybridized carbons (Fsp3) is 0.577. The van der Waals surface area contributed by atoms with Crippen LogP contribution in [0, 0.1) is 5.92 Å². The summed E-state index contributed by atoms with van der Waals surface area (Å²) < 4.78 is 5.88. The zero-order chi connectivity index (χ0) is 21.5. The summed E-state index contributed by atoms with van der Waals surface area (Å²) in [5.74, 6) is 2.60. The van der Waals surface area contributed by atoms with E-state index in [4.69, 9.17) is 4.42 Å². The molecule has 5 heteroatoms. The molecular formula is C26H37N3O2. The maximum absolute atomic E-state index is 12.6. The molecule has 5 nitrogen and oxygen atoms in total. The number of rotatable bonds is 8. The van der Waals surface area contributed by atoms with Gasteiger partial charge in [0.2, 0.25) is 5.91 Å². The Morgan fingerprint density at radius 3 is 2.35 bits per heavy atom. The van der Waals surface area contributed by atoms with E-state index >= 15 is 0 Å². The van der Waals surface area contributed by atoms with Gasteiger partial charge in [-0.05, 0) is 62.9 Å². The Bertz CT molecular complexity index is 803. The van der Waals surface area contributed by atoms with Gasteiger partial charge in [-0.25, -0.2) is 0 Å². The lowest BCUT2D eigenvalue weighted by molar-refractivity contribution is -0.126. The van der Waals surface area contributed by atoms with Gasteiger partial charge in [-0.1, -0.05) is 37.3 Å². The number of benzene rings is 1. The molecule has 2 fully saturated rings. The molecule has 0 atom stereocenters. The fourth-order valence-electron chi connectivity index (χ4n) is 5.01. The van der Waals surface area contributed by atoms with Crippen LogP contribution in [-0.2, 0) is 24.2 Å². The van der Waals surface area contributed by atoms with Gasteiger partial charge in [0.15, 0.2) is 0 Å². The summed E-state index contributed by atoms with van der Waals surface area (Å²) in [6.07, 6.45) is 6.28. The third kappa shape index (κ3) is 6.20. The Labute approximate surface area is 186 Å². The van der Waals surface area contributed by atoms with E-state index in [-0.39, 0.29) is 11.8 Å². The van der Waals surface area contributed by atoms with Crippen molar-refractivity contribution in [2.75, 3.05) is 32.7 Å². The molecule has 1 aromatic heterocycles. The van der Waals surface area contributed by atoms with E-state index < -0.39 is 0 Å². The van der Waals surface area contributed by atoms with Crippen molar-refractivity contribution < 1.29 is 9.21 Å². The van der Waals surface area contributed by atoms with Crippen LogP contribution < -0.4 is 5.32 Å². The number of carbonyl (C=O) groups excluding carboxylic acids is 1. The largest absolute Gasteiger partial charge is 0.465 e. The van der Waals surface area contributed by atoms with Crippen LogP contribution in [0.3, 0.4) is 0 Å². The van der Waals surface area contributed by atoms with E-state index in [0.29, 0.717) is 6.04 Å². The Balaban J connectivity index is 1.13. The third-order valence-corrected chi connectivity index (χ3v) is 6.97. The number of piperidine rings is 2. The lowest BCUT2D eigenvalue weighted by Crippen LogP contribution is -2.49. The molecule has 0 bridgehead atoms. The minimum atomic E-state index is 0.179. The molecule has 3 heterocycles. The van der Waals surface area contributed by atoms with Crippen molar-refractivity contribution >= 4 is 5.91 Å². The second-order valence-electron chi connectivity index (χ2n) is 9.07. The van der Waals surface area contributed by atoms with Crippen LogP contribution in [0.2, 0.25) is 0 Å². The predicted molar refractivity (Wildman–Crippen MR) is 124 cm³/mol. The number of furan rings is 1. The van der Waals surface area contributed by atoms with E-state index in [0.717, 1.165) is 76.5 Å². The van der Waals surface area contributed by atoms with Crippen LogP contribution in [0.5, 0.6) is 0 Å². The molecule has 1 N–H and O–H groups in total. The lowest BCUT2D eigenvalue weighted by atomic mass is 9.92. The summed E-state index contributed by atoms with van der Waals surface area (Å²) in [6, 6.07) is 15.3. The molecule has 31 heavy (non-hydrogen) atoms. The van der Waals surface area contributed by atoms with Crippen molar-refractivity contribution in [3.05, 3.63) is 59.5 Å². The molecule has 2 saturated heterocycles. The van der Waals surface area contributed by atoms with E-state index in [1.807, 2.05) is 6.07 Å². The quantitative estimate of drug-likeness (QED) is 0.700. The van der Waals surface area contributed by atoms with Gasteiger partial charge in [0, 0.05) is 38.0 Å². The molecular weight excluding hydrogens is 386 g/mol. The van der Waals surface area contributed by atoms with Crippen molar-refractivity contribution in [2.24, 2.45) is 5.92 Å². The SMILES string of the molecule is CCc1ccc(CN2CCC(N3CCC(C(=O)NCCc4ccccc4)CC3)CC2)o1. The Kier molecular flexibility index (Phi) is 7.81. The molecule has 2 aliphatic rings. The van der Waals surface area contributed by atoms with Gasteiger partial charge in [0.25, 0.3) is 0 Å². The standard InChI is InChI=1S/C26H37N3O2/c1-2-24-8-9-25(31-24)20-28-16-13-23(14-17-28)29-18-11-22(12-19-29)26(30)27-15-10-21-6-4-3-5-7-21/h3-9,22-23H,2,10-20H2,1H3,(H,27,30). The van der Waals surface area contributed by atoms with E-state index in [2.05, 4.69) is 58.4 Å². The molecule has 0 radical (unpaired) electrons. The van der Waals surface area contributed by atoms with Gasteiger partial charge in [-0.2, -0.15) is 0 Å². The Morgan fingerprint density at radius 2 is 1.68 bits per heavy atom. The number of hydrogen-bond donors (Lipinski definition) is 1. The molecule has 4 rings (SSSR count). The van der Waals surface area contributed by atoms with Crippen LogP contribution in [0.1, 0.15) is 49.7 Å². The molecule has 0 spiro atoms. The van der Waals surface area contributed by atoms with Crippen molar-refractivity contribution in [1.29, 1.82) is 0 Å². The second kappa shape index (κ2) is 11.0.